The number of benzene rings is 1. The van der Waals surface area contributed by atoms with E-state index in [0.29, 0.717) is 25.7 Å². The number of ether oxygens (including phenoxy) is 3. The van der Waals surface area contributed by atoms with Crippen LogP contribution in [0.2, 0.25) is 0 Å². The molecule has 1 aromatic heterocycles. The van der Waals surface area contributed by atoms with Crippen molar-refractivity contribution in [2.75, 3.05) is 38.3 Å². The zero-order chi connectivity index (χ0) is 20.6. The highest BCUT2D eigenvalue weighted by Crippen LogP contribution is 2.32. The molecule has 9 nitrogen and oxygen atoms in total. The number of guanidine groups is 1. The van der Waals surface area contributed by atoms with E-state index in [1.165, 1.54) is 12.8 Å². The van der Waals surface area contributed by atoms with Crippen molar-refractivity contribution in [3.05, 3.63) is 30.4 Å². The van der Waals surface area contributed by atoms with Gasteiger partial charge in [-0.25, -0.2) is 4.99 Å². The lowest BCUT2D eigenvalue weighted by atomic mass is 10.2. The SMILES string of the molecule is Cn1cnnc1CN=C(NCCCOCC1CC1)Nc1ccc2c(c1)OCCCO2. The van der Waals surface area contributed by atoms with Gasteiger partial charge in [0.2, 0.25) is 0 Å². The molecule has 0 radical (unpaired) electrons. The molecule has 1 aliphatic heterocycles. The van der Waals surface area contributed by atoms with E-state index in [1.807, 2.05) is 29.8 Å². The van der Waals surface area contributed by atoms with E-state index in [0.717, 1.165) is 61.5 Å². The normalized spacial score (nSPS) is 16.2. The Morgan fingerprint density at radius 3 is 2.93 bits per heavy atom. The summed E-state index contributed by atoms with van der Waals surface area (Å²) < 4.78 is 19.1. The fraction of sp³-hybridized carbons (Fsp3) is 0.571. The third kappa shape index (κ3) is 6.09. The number of hydrogen-bond acceptors (Lipinski definition) is 6. The average Bonchev–Trinajstić information content (AvgIpc) is 3.53. The van der Waals surface area contributed by atoms with Gasteiger partial charge in [-0.2, -0.15) is 0 Å². The van der Waals surface area contributed by atoms with E-state index in [-0.39, 0.29) is 0 Å². The minimum absolute atomic E-state index is 0.425. The van der Waals surface area contributed by atoms with Gasteiger partial charge >= 0.3 is 0 Å². The number of aryl methyl sites for hydroxylation is 1. The molecule has 1 aromatic carbocycles. The third-order valence-electron chi connectivity index (χ3n) is 5.00. The van der Waals surface area contributed by atoms with Gasteiger partial charge in [0, 0.05) is 45.0 Å². The number of rotatable bonds is 9. The van der Waals surface area contributed by atoms with Crippen molar-refractivity contribution in [2.24, 2.45) is 18.0 Å². The summed E-state index contributed by atoms with van der Waals surface area (Å²) in [5, 5.41) is 14.7. The van der Waals surface area contributed by atoms with E-state index in [2.05, 4.69) is 25.8 Å². The summed E-state index contributed by atoms with van der Waals surface area (Å²) >= 11 is 0. The van der Waals surface area contributed by atoms with Gasteiger partial charge in [0.1, 0.15) is 12.9 Å². The van der Waals surface area contributed by atoms with Gasteiger partial charge in [-0.3, -0.25) is 0 Å². The van der Waals surface area contributed by atoms with Crippen molar-refractivity contribution in [1.29, 1.82) is 0 Å². The van der Waals surface area contributed by atoms with Gasteiger partial charge in [0.25, 0.3) is 0 Å². The number of fused-ring (bicyclic) bond motifs is 1. The smallest absolute Gasteiger partial charge is 0.196 e. The molecular formula is C21H30N6O3. The number of hydrogen-bond donors (Lipinski definition) is 2. The van der Waals surface area contributed by atoms with Crippen LogP contribution in [0.3, 0.4) is 0 Å². The molecule has 2 heterocycles. The molecule has 0 spiro atoms. The summed E-state index contributed by atoms with van der Waals surface area (Å²) in [7, 11) is 1.91. The van der Waals surface area contributed by atoms with Gasteiger partial charge in [0.05, 0.1) is 13.2 Å². The maximum absolute atomic E-state index is 5.79. The molecule has 30 heavy (non-hydrogen) atoms. The molecule has 162 valence electrons. The molecule has 1 saturated carbocycles. The summed E-state index contributed by atoms with van der Waals surface area (Å²) in [6.45, 7) is 4.16. The number of aromatic nitrogens is 3. The van der Waals surface area contributed by atoms with E-state index in [9.17, 15) is 0 Å². The lowest BCUT2D eigenvalue weighted by molar-refractivity contribution is 0.123. The highest BCUT2D eigenvalue weighted by molar-refractivity contribution is 5.93. The summed E-state index contributed by atoms with van der Waals surface area (Å²) in [6.07, 6.45) is 6.10. The number of nitrogens with zero attached hydrogens (tertiary/aromatic N) is 4. The van der Waals surface area contributed by atoms with Crippen LogP contribution in [-0.4, -0.2) is 53.7 Å². The number of aliphatic imine (C=N–C) groups is 1. The molecule has 9 heteroatoms. The van der Waals surface area contributed by atoms with Crippen molar-refractivity contribution in [2.45, 2.75) is 32.2 Å². The van der Waals surface area contributed by atoms with Crippen LogP contribution in [0.5, 0.6) is 11.5 Å². The lowest BCUT2D eigenvalue weighted by Gasteiger charge is -2.14. The van der Waals surface area contributed by atoms with Crippen LogP contribution in [0.15, 0.2) is 29.5 Å². The van der Waals surface area contributed by atoms with E-state index in [1.54, 1.807) is 6.33 Å². The van der Waals surface area contributed by atoms with Crippen LogP contribution >= 0.6 is 0 Å². The van der Waals surface area contributed by atoms with Crippen molar-refractivity contribution in [1.82, 2.24) is 20.1 Å². The predicted molar refractivity (Wildman–Crippen MR) is 114 cm³/mol. The molecule has 0 atom stereocenters. The average molecular weight is 415 g/mol. The molecular weight excluding hydrogens is 384 g/mol. The third-order valence-corrected chi connectivity index (χ3v) is 5.00. The van der Waals surface area contributed by atoms with Crippen LogP contribution in [0.25, 0.3) is 0 Å². The molecule has 1 aliphatic carbocycles. The molecule has 0 unspecified atom stereocenters. The summed E-state index contributed by atoms with van der Waals surface area (Å²) in [5.41, 5.74) is 0.883. The Labute approximate surface area is 176 Å². The summed E-state index contributed by atoms with van der Waals surface area (Å²) in [6, 6.07) is 5.83. The minimum atomic E-state index is 0.425. The Morgan fingerprint density at radius 2 is 2.13 bits per heavy atom. The largest absolute Gasteiger partial charge is 0.490 e. The monoisotopic (exact) mass is 414 g/mol. The quantitative estimate of drug-likeness (QED) is 0.369. The lowest BCUT2D eigenvalue weighted by Crippen LogP contribution is -2.32. The molecule has 2 aromatic rings. The Morgan fingerprint density at radius 1 is 1.27 bits per heavy atom. The second-order valence-electron chi connectivity index (χ2n) is 7.66. The zero-order valence-electron chi connectivity index (χ0n) is 17.5. The van der Waals surface area contributed by atoms with Crippen molar-refractivity contribution in [3.8, 4) is 11.5 Å². The van der Waals surface area contributed by atoms with E-state index in [4.69, 9.17) is 14.2 Å². The first kappa shape index (κ1) is 20.5. The predicted octanol–water partition coefficient (Wildman–Crippen LogP) is 2.35. The molecule has 0 saturated heterocycles. The van der Waals surface area contributed by atoms with Gasteiger partial charge < -0.3 is 29.4 Å². The molecule has 0 amide bonds. The molecule has 1 fully saturated rings. The van der Waals surface area contributed by atoms with Crippen LogP contribution in [0.1, 0.15) is 31.5 Å². The zero-order valence-corrected chi connectivity index (χ0v) is 17.5. The van der Waals surface area contributed by atoms with Crippen molar-refractivity contribution in [3.63, 3.8) is 0 Å². The Bertz CT molecular complexity index is 849. The first-order chi connectivity index (χ1) is 14.8. The number of nitrogens with one attached hydrogen (secondary N) is 2. The molecule has 2 N–H and O–H groups in total. The van der Waals surface area contributed by atoms with Crippen LogP contribution in [-0.2, 0) is 18.3 Å². The fourth-order valence-electron chi connectivity index (χ4n) is 3.03. The van der Waals surface area contributed by atoms with Crippen molar-refractivity contribution >= 4 is 11.6 Å². The second kappa shape index (κ2) is 10.3. The van der Waals surface area contributed by atoms with Crippen molar-refractivity contribution < 1.29 is 14.2 Å². The van der Waals surface area contributed by atoms with Gasteiger partial charge in [0.15, 0.2) is 23.3 Å². The van der Waals surface area contributed by atoms with Crippen LogP contribution in [0.4, 0.5) is 5.69 Å². The number of anilines is 1. The van der Waals surface area contributed by atoms with Gasteiger partial charge in [-0.15, -0.1) is 10.2 Å². The van der Waals surface area contributed by atoms with Gasteiger partial charge in [-0.05, 0) is 37.3 Å². The minimum Gasteiger partial charge on any atom is -0.490 e. The molecule has 2 aliphatic rings. The maximum atomic E-state index is 5.79. The van der Waals surface area contributed by atoms with E-state index < -0.39 is 0 Å². The topological polar surface area (TPSA) is 94.8 Å². The molecule has 0 bridgehead atoms. The summed E-state index contributed by atoms with van der Waals surface area (Å²) in [5.74, 6) is 3.79. The standard InChI is InChI=1S/C21H30N6O3/c1-27-15-24-26-20(27)13-23-21(22-8-2-9-28-14-16-4-5-16)25-17-6-7-18-19(12-17)30-11-3-10-29-18/h6-7,12,15-16H,2-5,8-11,13-14H2,1H3,(H2,22,23,25). The first-order valence-corrected chi connectivity index (χ1v) is 10.6. The second-order valence-corrected chi connectivity index (χ2v) is 7.66. The Kier molecular flexibility index (Phi) is 7.02. The molecule has 4 rings (SSSR count). The van der Waals surface area contributed by atoms with Crippen LogP contribution in [0, 0.1) is 5.92 Å². The Balaban J connectivity index is 1.35. The first-order valence-electron chi connectivity index (χ1n) is 10.6. The summed E-state index contributed by atoms with van der Waals surface area (Å²) in [4.78, 5) is 4.67. The highest BCUT2D eigenvalue weighted by atomic mass is 16.5. The maximum Gasteiger partial charge on any atom is 0.196 e. The fourth-order valence-corrected chi connectivity index (χ4v) is 3.03. The van der Waals surface area contributed by atoms with E-state index >= 15 is 0 Å². The Hall–Kier alpha value is -2.81. The van der Waals surface area contributed by atoms with Gasteiger partial charge in [-0.1, -0.05) is 0 Å². The highest BCUT2D eigenvalue weighted by Gasteiger charge is 2.20. The van der Waals surface area contributed by atoms with Crippen LogP contribution < -0.4 is 20.1 Å².